The topological polar surface area (TPSA) is 72.9 Å². The maximum absolute atomic E-state index is 11.8. The average Bonchev–Trinajstić information content (AvgIpc) is 2.47. The van der Waals surface area contributed by atoms with E-state index < -0.39 is 0 Å². The fourth-order valence-corrected chi connectivity index (χ4v) is 1.15. The smallest absolute Gasteiger partial charge is 0.248 e. The molecule has 1 rings (SSSR count). The van der Waals surface area contributed by atoms with Crippen LogP contribution < -0.4 is 11.1 Å². The maximum atomic E-state index is 11.8. The predicted molar refractivity (Wildman–Crippen MR) is 59.8 cm³/mol. The number of hydrogen-bond acceptors (Lipinski definition) is 4. The van der Waals surface area contributed by atoms with Gasteiger partial charge in [0.1, 0.15) is 0 Å². The van der Waals surface area contributed by atoms with Crippen LogP contribution in [0.2, 0.25) is 0 Å². The van der Waals surface area contributed by atoms with Gasteiger partial charge in [0.2, 0.25) is 5.91 Å². The lowest BCUT2D eigenvalue weighted by molar-refractivity contribution is 0.0852. The highest BCUT2D eigenvalue weighted by Crippen LogP contribution is 2.12. The van der Waals surface area contributed by atoms with Crippen LogP contribution in [0.5, 0.6) is 0 Å². The lowest BCUT2D eigenvalue weighted by Gasteiger charge is -2.22. The molecule has 3 N–H and O–H groups in total. The minimum atomic E-state index is -0.230. The van der Waals surface area contributed by atoms with Gasteiger partial charge in [-0.3, -0.25) is 4.79 Å². The predicted octanol–water partition coefficient (Wildman–Crippen LogP) is 0.802. The first kappa shape index (κ1) is 11.7. The van der Waals surface area contributed by atoms with Crippen LogP contribution in [-0.4, -0.2) is 28.3 Å². The standard InChI is InChI=1S/C10H18N4O/c1-7-8(11)6-14(13-7)9(15)5-10(2,3)12-4/h6,12H,5,11H2,1-4H3. The molecule has 0 atom stereocenters. The largest absolute Gasteiger partial charge is 0.396 e. The summed E-state index contributed by atoms with van der Waals surface area (Å²) >= 11 is 0. The Morgan fingerprint density at radius 2 is 2.27 bits per heavy atom. The van der Waals surface area contributed by atoms with Gasteiger partial charge in [-0.2, -0.15) is 5.10 Å². The first-order valence-electron chi connectivity index (χ1n) is 4.89. The molecule has 1 aromatic rings. The van der Waals surface area contributed by atoms with Crippen LogP contribution in [0.25, 0.3) is 0 Å². The molecule has 0 amide bonds. The zero-order chi connectivity index (χ0) is 11.6. The summed E-state index contributed by atoms with van der Waals surface area (Å²) in [5.41, 5.74) is 6.63. The van der Waals surface area contributed by atoms with Gasteiger partial charge in [0.15, 0.2) is 0 Å². The van der Waals surface area contributed by atoms with E-state index in [-0.39, 0.29) is 11.4 Å². The molecule has 0 aliphatic carbocycles. The zero-order valence-electron chi connectivity index (χ0n) is 9.66. The van der Waals surface area contributed by atoms with E-state index in [2.05, 4.69) is 10.4 Å². The minimum Gasteiger partial charge on any atom is -0.396 e. The van der Waals surface area contributed by atoms with Crippen LogP contribution in [0.15, 0.2) is 6.20 Å². The number of rotatable bonds is 3. The van der Waals surface area contributed by atoms with E-state index in [1.807, 2.05) is 20.9 Å². The van der Waals surface area contributed by atoms with Crippen molar-refractivity contribution in [1.29, 1.82) is 0 Å². The monoisotopic (exact) mass is 210 g/mol. The Labute approximate surface area is 89.6 Å². The first-order valence-corrected chi connectivity index (χ1v) is 4.89. The lowest BCUT2D eigenvalue weighted by atomic mass is 10.0. The molecule has 0 saturated carbocycles. The second-order valence-electron chi connectivity index (χ2n) is 4.32. The Kier molecular flexibility index (Phi) is 3.14. The van der Waals surface area contributed by atoms with Gasteiger partial charge in [0, 0.05) is 12.0 Å². The molecular formula is C10H18N4O. The van der Waals surface area contributed by atoms with Crippen molar-refractivity contribution < 1.29 is 4.79 Å². The van der Waals surface area contributed by atoms with Crippen LogP contribution in [-0.2, 0) is 0 Å². The number of carbonyl (C=O) groups is 1. The first-order chi connectivity index (χ1) is 6.85. The molecule has 0 aliphatic heterocycles. The number of carbonyl (C=O) groups excluding carboxylic acids is 1. The van der Waals surface area contributed by atoms with Gasteiger partial charge < -0.3 is 11.1 Å². The molecule has 5 nitrogen and oxygen atoms in total. The summed E-state index contributed by atoms with van der Waals surface area (Å²) < 4.78 is 1.31. The van der Waals surface area contributed by atoms with Crippen molar-refractivity contribution in [2.24, 2.45) is 0 Å². The molecule has 0 aliphatic rings. The third kappa shape index (κ3) is 2.79. The van der Waals surface area contributed by atoms with E-state index in [0.717, 1.165) is 0 Å². The summed E-state index contributed by atoms with van der Waals surface area (Å²) in [5, 5.41) is 7.11. The number of nitrogen functional groups attached to an aromatic ring is 1. The van der Waals surface area contributed by atoms with E-state index in [1.54, 1.807) is 13.1 Å². The van der Waals surface area contributed by atoms with Gasteiger partial charge in [0.25, 0.3) is 0 Å². The number of aryl methyl sites for hydroxylation is 1. The molecule has 15 heavy (non-hydrogen) atoms. The third-order valence-corrected chi connectivity index (χ3v) is 2.46. The molecule has 1 aromatic heterocycles. The van der Waals surface area contributed by atoms with Crippen LogP contribution in [0, 0.1) is 6.92 Å². The number of nitrogens with one attached hydrogen (secondary N) is 1. The summed E-state index contributed by atoms with van der Waals surface area (Å²) in [6, 6.07) is 0. The third-order valence-electron chi connectivity index (χ3n) is 2.46. The van der Waals surface area contributed by atoms with Crippen molar-refractivity contribution in [3.63, 3.8) is 0 Å². The zero-order valence-corrected chi connectivity index (χ0v) is 9.66. The molecule has 5 heteroatoms. The van der Waals surface area contributed by atoms with Crippen LogP contribution >= 0.6 is 0 Å². The van der Waals surface area contributed by atoms with Crippen LogP contribution in [0.1, 0.15) is 30.8 Å². The van der Waals surface area contributed by atoms with E-state index in [9.17, 15) is 4.79 Å². The van der Waals surface area contributed by atoms with Gasteiger partial charge in [-0.15, -0.1) is 0 Å². The molecular weight excluding hydrogens is 192 g/mol. The van der Waals surface area contributed by atoms with Gasteiger partial charge >= 0.3 is 0 Å². The van der Waals surface area contributed by atoms with Crippen LogP contribution in [0.4, 0.5) is 5.69 Å². The highest BCUT2D eigenvalue weighted by Gasteiger charge is 2.21. The highest BCUT2D eigenvalue weighted by molar-refractivity contribution is 5.79. The molecule has 0 saturated heterocycles. The average molecular weight is 210 g/mol. The molecule has 0 fully saturated rings. The second kappa shape index (κ2) is 4.02. The quantitative estimate of drug-likeness (QED) is 0.774. The summed E-state index contributed by atoms with van der Waals surface area (Å²) in [6.07, 6.45) is 1.94. The molecule has 0 bridgehead atoms. The van der Waals surface area contributed by atoms with Gasteiger partial charge in [-0.05, 0) is 27.8 Å². The SMILES string of the molecule is CNC(C)(C)CC(=O)n1cc(N)c(C)n1. The molecule has 0 radical (unpaired) electrons. The van der Waals surface area contributed by atoms with Crippen molar-refractivity contribution in [2.75, 3.05) is 12.8 Å². The Hall–Kier alpha value is -1.36. The fraction of sp³-hybridized carbons (Fsp3) is 0.600. The van der Waals surface area contributed by atoms with Gasteiger partial charge in [-0.25, -0.2) is 4.68 Å². The van der Waals surface area contributed by atoms with E-state index in [1.165, 1.54) is 4.68 Å². The fourth-order valence-electron chi connectivity index (χ4n) is 1.15. The van der Waals surface area contributed by atoms with Crippen molar-refractivity contribution in [3.8, 4) is 0 Å². The van der Waals surface area contributed by atoms with Crippen LogP contribution in [0.3, 0.4) is 0 Å². The summed E-state index contributed by atoms with van der Waals surface area (Å²) in [4.78, 5) is 11.8. The number of nitrogens with zero attached hydrogens (tertiary/aromatic N) is 2. The normalized spacial score (nSPS) is 11.7. The van der Waals surface area contributed by atoms with Crippen molar-refractivity contribution in [3.05, 3.63) is 11.9 Å². The molecule has 1 heterocycles. The summed E-state index contributed by atoms with van der Waals surface area (Å²) in [7, 11) is 1.83. The van der Waals surface area contributed by atoms with Crippen molar-refractivity contribution in [1.82, 2.24) is 15.1 Å². The Morgan fingerprint density at radius 1 is 1.67 bits per heavy atom. The highest BCUT2D eigenvalue weighted by atomic mass is 16.2. The van der Waals surface area contributed by atoms with Crippen molar-refractivity contribution in [2.45, 2.75) is 32.7 Å². The lowest BCUT2D eigenvalue weighted by Crippen LogP contribution is -2.39. The van der Waals surface area contributed by atoms with E-state index in [0.29, 0.717) is 17.8 Å². The Balaban J connectivity index is 2.78. The number of hydrogen-bond donors (Lipinski definition) is 2. The van der Waals surface area contributed by atoms with Gasteiger partial charge in [0.05, 0.1) is 17.6 Å². The molecule has 84 valence electrons. The molecule has 0 spiro atoms. The molecule has 0 unspecified atom stereocenters. The number of aromatic nitrogens is 2. The Morgan fingerprint density at radius 3 is 2.67 bits per heavy atom. The number of anilines is 1. The summed E-state index contributed by atoms with van der Waals surface area (Å²) in [6.45, 7) is 5.71. The maximum Gasteiger partial charge on any atom is 0.248 e. The second-order valence-corrected chi connectivity index (χ2v) is 4.32. The molecule has 0 aromatic carbocycles. The van der Waals surface area contributed by atoms with Crippen molar-refractivity contribution >= 4 is 11.6 Å². The van der Waals surface area contributed by atoms with E-state index >= 15 is 0 Å². The Bertz CT molecular complexity index is 348. The van der Waals surface area contributed by atoms with E-state index in [4.69, 9.17) is 5.73 Å². The van der Waals surface area contributed by atoms with Gasteiger partial charge in [-0.1, -0.05) is 0 Å². The minimum absolute atomic E-state index is 0.0610. The number of nitrogens with two attached hydrogens (primary N) is 1. The summed E-state index contributed by atoms with van der Waals surface area (Å²) in [5.74, 6) is -0.0610.